The van der Waals surface area contributed by atoms with E-state index in [0.29, 0.717) is 17.2 Å². The molecule has 0 bridgehead atoms. The highest BCUT2D eigenvalue weighted by atomic mass is 32.2. The maximum atomic E-state index is 13.7. The summed E-state index contributed by atoms with van der Waals surface area (Å²) in [5, 5.41) is 8.79. The summed E-state index contributed by atoms with van der Waals surface area (Å²) in [6.07, 6.45) is 5.51. The van der Waals surface area contributed by atoms with Crippen molar-refractivity contribution in [3.8, 4) is 5.75 Å². The number of carboxylic acid groups (broad SMARTS) is 1. The first kappa shape index (κ1) is 26.5. The summed E-state index contributed by atoms with van der Waals surface area (Å²) in [7, 11) is -3.95. The number of aryl methyl sites for hydroxylation is 4. The summed E-state index contributed by atoms with van der Waals surface area (Å²) in [6.45, 7) is 8.15. The Labute approximate surface area is 218 Å². The van der Waals surface area contributed by atoms with Gasteiger partial charge in [0.15, 0.2) is 0 Å². The maximum Gasteiger partial charge on any atom is 0.328 e. The summed E-state index contributed by atoms with van der Waals surface area (Å²) in [5.41, 5.74) is 5.51. The zero-order valence-electron chi connectivity index (χ0n) is 21.7. The number of sulfonamides is 1. The second-order valence-corrected chi connectivity index (χ2v) is 11.7. The van der Waals surface area contributed by atoms with Crippen LogP contribution >= 0.6 is 0 Å². The number of anilines is 1. The molecule has 1 aliphatic carbocycles. The van der Waals surface area contributed by atoms with Gasteiger partial charge < -0.3 is 14.3 Å². The smallest absolute Gasteiger partial charge is 0.328 e. The first-order valence-electron chi connectivity index (χ1n) is 12.4. The van der Waals surface area contributed by atoms with Gasteiger partial charge in [-0.05, 0) is 97.2 Å². The van der Waals surface area contributed by atoms with E-state index in [1.54, 1.807) is 19.1 Å². The molecular weight excluding hydrogens is 490 g/mol. The number of hydrogen-bond acceptors (Lipinski definition) is 5. The molecule has 0 fully saturated rings. The molecule has 7 nitrogen and oxygen atoms in total. The first-order valence-corrected chi connectivity index (χ1v) is 13.9. The average molecular weight is 524 g/mol. The molecule has 1 aromatic heterocycles. The fraction of sp³-hybridized carbons (Fsp3) is 0.345. The zero-order valence-corrected chi connectivity index (χ0v) is 22.5. The average Bonchev–Trinajstić information content (AvgIpc) is 3.48. The van der Waals surface area contributed by atoms with Gasteiger partial charge in [-0.3, -0.25) is 4.31 Å². The van der Waals surface area contributed by atoms with Gasteiger partial charge in [-0.2, -0.15) is 8.42 Å². The summed E-state index contributed by atoms with van der Waals surface area (Å²) in [4.78, 5) is 10.8. The van der Waals surface area contributed by atoms with Crippen LogP contribution in [-0.4, -0.2) is 26.0 Å². The largest absolute Gasteiger partial charge is 0.487 e. The predicted molar refractivity (Wildman–Crippen MR) is 143 cm³/mol. The van der Waals surface area contributed by atoms with Crippen molar-refractivity contribution in [1.82, 2.24) is 0 Å². The van der Waals surface area contributed by atoms with Crippen LogP contribution in [0.3, 0.4) is 0 Å². The van der Waals surface area contributed by atoms with Gasteiger partial charge in [0.25, 0.3) is 10.0 Å². The fourth-order valence-electron chi connectivity index (χ4n) is 4.52. The van der Waals surface area contributed by atoms with E-state index >= 15 is 0 Å². The van der Waals surface area contributed by atoms with Crippen molar-refractivity contribution in [1.29, 1.82) is 0 Å². The van der Waals surface area contributed by atoms with Crippen molar-refractivity contribution >= 4 is 27.8 Å². The molecule has 1 aliphatic rings. The van der Waals surface area contributed by atoms with E-state index < -0.39 is 16.0 Å². The van der Waals surface area contributed by atoms with Crippen molar-refractivity contribution in [2.45, 2.75) is 58.7 Å². The second kappa shape index (κ2) is 10.8. The number of nitrogens with zero attached hydrogens (tertiary/aromatic N) is 1. The summed E-state index contributed by atoms with van der Waals surface area (Å²) in [5.74, 6) is 0.119. The first-order chi connectivity index (χ1) is 17.5. The molecule has 0 radical (unpaired) electrons. The lowest BCUT2D eigenvalue weighted by Crippen LogP contribution is -2.34. The zero-order chi connectivity index (χ0) is 26.7. The molecule has 8 heteroatoms. The number of furan rings is 1. The van der Waals surface area contributed by atoms with Gasteiger partial charge in [0.1, 0.15) is 18.1 Å². The molecule has 1 heterocycles. The topological polar surface area (TPSA) is 97.0 Å². The molecular formula is C29H33NO6S. The van der Waals surface area contributed by atoms with Crippen LogP contribution in [0.2, 0.25) is 0 Å². The Morgan fingerprint density at radius 2 is 1.84 bits per heavy atom. The molecule has 0 saturated carbocycles. The third kappa shape index (κ3) is 6.07. The van der Waals surface area contributed by atoms with E-state index in [0.717, 1.165) is 47.6 Å². The highest BCUT2D eigenvalue weighted by Crippen LogP contribution is 2.39. The summed E-state index contributed by atoms with van der Waals surface area (Å²) in [6, 6.07) is 12.7. The number of fused-ring (bicyclic) bond motifs is 1. The Balaban J connectivity index is 1.70. The van der Waals surface area contributed by atoms with Gasteiger partial charge in [0.05, 0.1) is 5.69 Å². The molecule has 1 N–H and O–H groups in total. The number of aliphatic carboxylic acids is 1. The van der Waals surface area contributed by atoms with Gasteiger partial charge in [0, 0.05) is 12.6 Å². The second-order valence-electron chi connectivity index (χ2n) is 9.88. The molecule has 0 amide bonds. The van der Waals surface area contributed by atoms with Crippen LogP contribution < -0.4 is 9.04 Å². The molecule has 0 atom stereocenters. The molecule has 0 unspecified atom stereocenters. The normalized spacial score (nSPS) is 13.3. The van der Waals surface area contributed by atoms with E-state index in [4.69, 9.17) is 14.3 Å². The van der Waals surface area contributed by atoms with Crippen LogP contribution in [0.5, 0.6) is 5.75 Å². The standard InChI is InChI=1S/C29H33NO6S/c1-19(2)17-30(37(33,34)29-13-8-21(4)36-29)26-15-23-6-5-7-24(23)16-27(26)35-18-25-11-9-22(14-20(25)3)10-12-28(31)32/h8-16,19H,5-7,17-18H2,1-4H3,(H,31,32). The van der Waals surface area contributed by atoms with Gasteiger partial charge in [-0.15, -0.1) is 0 Å². The Morgan fingerprint density at radius 1 is 1.11 bits per heavy atom. The van der Waals surface area contributed by atoms with Crippen molar-refractivity contribution in [2.24, 2.45) is 5.92 Å². The molecule has 0 aliphatic heterocycles. The highest BCUT2D eigenvalue weighted by Gasteiger charge is 2.32. The van der Waals surface area contributed by atoms with Crippen LogP contribution in [0.4, 0.5) is 5.69 Å². The Bertz CT molecular complexity index is 1430. The van der Waals surface area contributed by atoms with Gasteiger partial charge in [-0.25, -0.2) is 4.79 Å². The maximum absolute atomic E-state index is 13.7. The number of carboxylic acids is 1. The molecule has 2 aromatic carbocycles. The lowest BCUT2D eigenvalue weighted by molar-refractivity contribution is -0.131. The van der Waals surface area contributed by atoms with Crippen LogP contribution in [0.15, 0.2) is 58.1 Å². The van der Waals surface area contributed by atoms with Crippen LogP contribution in [0, 0.1) is 19.8 Å². The Morgan fingerprint density at radius 3 is 2.46 bits per heavy atom. The minimum absolute atomic E-state index is 0.0700. The number of hydrogen-bond donors (Lipinski definition) is 1. The quantitative estimate of drug-likeness (QED) is 0.332. The highest BCUT2D eigenvalue weighted by molar-refractivity contribution is 7.92. The van der Waals surface area contributed by atoms with Crippen molar-refractivity contribution < 1.29 is 27.5 Å². The number of benzene rings is 2. The third-order valence-corrected chi connectivity index (χ3v) is 8.06. The SMILES string of the molecule is Cc1ccc(S(=O)(=O)N(CC(C)C)c2cc3c(cc2OCc2ccc(C=CC(=O)O)cc2C)CCC3)o1. The minimum atomic E-state index is -3.95. The van der Waals surface area contributed by atoms with Gasteiger partial charge >= 0.3 is 5.97 Å². The van der Waals surface area contributed by atoms with E-state index in [1.807, 2.05) is 51.1 Å². The van der Waals surface area contributed by atoms with Gasteiger partial charge in [0.2, 0.25) is 5.09 Å². The van der Waals surface area contributed by atoms with Crippen LogP contribution in [0.25, 0.3) is 6.08 Å². The molecule has 4 rings (SSSR count). The minimum Gasteiger partial charge on any atom is -0.487 e. The number of rotatable bonds is 10. The fourth-order valence-corrected chi connectivity index (χ4v) is 6.11. The Kier molecular flexibility index (Phi) is 7.78. The van der Waals surface area contributed by atoms with E-state index in [2.05, 4.69) is 0 Å². The van der Waals surface area contributed by atoms with Crippen molar-refractivity contribution in [3.63, 3.8) is 0 Å². The van der Waals surface area contributed by atoms with E-state index in [1.165, 1.54) is 15.9 Å². The molecule has 0 spiro atoms. The van der Waals surface area contributed by atoms with E-state index in [-0.39, 0.29) is 24.2 Å². The Hall–Kier alpha value is -3.52. The van der Waals surface area contributed by atoms with Crippen molar-refractivity contribution in [3.05, 3.63) is 82.1 Å². The lowest BCUT2D eigenvalue weighted by atomic mass is 10.0. The predicted octanol–water partition coefficient (Wildman–Crippen LogP) is 5.91. The summed E-state index contributed by atoms with van der Waals surface area (Å²) >= 11 is 0. The van der Waals surface area contributed by atoms with Gasteiger partial charge in [-0.1, -0.05) is 32.0 Å². The van der Waals surface area contributed by atoms with Crippen molar-refractivity contribution in [2.75, 3.05) is 10.8 Å². The monoisotopic (exact) mass is 523 g/mol. The number of ether oxygens (including phenoxy) is 1. The van der Waals surface area contributed by atoms with Crippen LogP contribution in [0.1, 0.15) is 53.8 Å². The molecule has 3 aromatic rings. The lowest BCUT2D eigenvalue weighted by Gasteiger charge is -2.28. The van der Waals surface area contributed by atoms with Crippen LogP contribution in [-0.2, 0) is 34.3 Å². The third-order valence-electron chi connectivity index (χ3n) is 6.40. The number of carbonyl (C=O) groups is 1. The van der Waals surface area contributed by atoms with E-state index in [9.17, 15) is 13.2 Å². The summed E-state index contributed by atoms with van der Waals surface area (Å²) < 4.78 is 40.7. The molecule has 37 heavy (non-hydrogen) atoms. The molecule has 196 valence electrons. The molecule has 0 saturated heterocycles.